The van der Waals surface area contributed by atoms with Crippen LogP contribution in [0.15, 0.2) is 68.8 Å². The van der Waals surface area contributed by atoms with E-state index in [0.717, 1.165) is 50.1 Å². The van der Waals surface area contributed by atoms with Gasteiger partial charge in [-0.2, -0.15) is 0 Å². The number of nitrogens with one attached hydrogen (secondary N) is 2. The van der Waals surface area contributed by atoms with Gasteiger partial charge in [-0.05, 0) is 12.5 Å². The molecule has 2 N–H and O–H groups in total. The van der Waals surface area contributed by atoms with Gasteiger partial charge in [0, 0.05) is 44.5 Å². The van der Waals surface area contributed by atoms with Gasteiger partial charge in [-0.25, -0.2) is 29.9 Å². The Morgan fingerprint density at radius 3 is 1.44 bits per heavy atom. The van der Waals surface area contributed by atoms with Crippen LogP contribution in [0.4, 0.5) is 0 Å². The molecule has 0 saturated carbocycles. The number of nitrogens with zero attached hydrogens (tertiary/aromatic N) is 6. The van der Waals surface area contributed by atoms with Crippen LogP contribution in [0.5, 0.6) is 0 Å². The average molecular weight is 533 g/mol. The number of benzene rings is 2. The maximum absolute atomic E-state index is 4.99. The van der Waals surface area contributed by atoms with E-state index in [1.54, 1.807) is 24.3 Å². The van der Waals surface area contributed by atoms with E-state index in [0.29, 0.717) is 45.9 Å². The van der Waals surface area contributed by atoms with Crippen LogP contribution in [0.1, 0.15) is 27.8 Å². The first-order chi connectivity index (χ1) is 20.0. The molecule has 7 rings (SSSR count). The SMILES string of the molecule is C=Cc1c(C=C)c2nc3[nH]c(nc4nc(nc5nc(nc1[nH]2)-c1ccccc1-5)-c1cccc(C)c1-4)c(C=C)c3C=C. The van der Waals surface area contributed by atoms with Crippen molar-refractivity contribution < 1.29 is 0 Å². The van der Waals surface area contributed by atoms with E-state index in [9.17, 15) is 0 Å². The van der Waals surface area contributed by atoms with Crippen molar-refractivity contribution in [1.82, 2.24) is 39.9 Å². The molecule has 0 amide bonds. The first kappa shape index (κ1) is 24.3. The van der Waals surface area contributed by atoms with Crippen molar-refractivity contribution >= 4 is 46.9 Å². The van der Waals surface area contributed by atoms with E-state index in [2.05, 4.69) is 36.3 Å². The minimum Gasteiger partial charge on any atom is -0.324 e. The Labute approximate surface area is 235 Å². The van der Waals surface area contributed by atoms with Gasteiger partial charge in [0.1, 0.15) is 22.6 Å². The number of aromatic amines is 2. The van der Waals surface area contributed by atoms with Crippen LogP contribution < -0.4 is 0 Å². The fourth-order valence-corrected chi connectivity index (χ4v) is 5.40. The van der Waals surface area contributed by atoms with Crippen molar-refractivity contribution in [3.63, 3.8) is 0 Å². The molecule has 0 atom stereocenters. The maximum Gasteiger partial charge on any atom is 0.165 e. The topological polar surface area (TPSA) is 109 Å². The highest BCUT2D eigenvalue weighted by atomic mass is 15.1. The van der Waals surface area contributed by atoms with Crippen LogP contribution >= 0.6 is 0 Å². The Bertz CT molecular complexity index is 2140. The maximum atomic E-state index is 4.99. The summed E-state index contributed by atoms with van der Waals surface area (Å²) in [6, 6.07) is 13.9. The molecule has 0 fully saturated rings. The predicted molar refractivity (Wildman–Crippen MR) is 166 cm³/mol. The summed E-state index contributed by atoms with van der Waals surface area (Å²) in [5, 5.41) is 0. The lowest BCUT2D eigenvalue weighted by molar-refractivity contribution is 1.16. The van der Waals surface area contributed by atoms with Gasteiger partial charge in [-0.1, -0.05) is 93.1 Å². The number of H-pyrrole nitrogens is 2. The highest BCUT2D eigenvalue weighted by molar-refractivity contribution is 5.90. The summed E-state index contributed by atoms with van der Waals surface area (Å²) >= 11 is 0. The van der Waals surface area contributed by atoms with E-state index in [4.69, 9.17) is 29.9 Å². The van der Waals surface area contributed by atoms with Gasteiger partial charge in [-0.3, -0.25) is 0 Å². The third-order valence-corrected chi connectivity index (χ3v) is 7.33. The van der Waals surface area contributed by atoms with Crippen LogP contribution in [0.2, 0.25) is 0 Å². The zero-order valence-electron chi connectivity index (χ0n) is 22.4. The van der Waals surface area contributed by atoms with Gasteiger partial charge in [-0.15, -0.1) is 0 Å². The van der Waals surface area contributed by atoms with Crippen molar-refractivity contribution in [2.24, 2.45) is 0 Å². The lowest BCUT2D eigenvalue weighted by Gasteiger charge is -2.02. The third-order valence-electron chi connectivity index (χ3n) is 7.33. The molecule has 0 unspecified atom stereocenters. The fourth-order valence-electron chi connectivity index (χ4n) is 5.40. The second-order valence-corrected chi connectivity index (χ2v) is 9.62. The lowest BCUT2D eigenvalue weighted by Crippen LogP contribution is -1.86. The van der Waals surface area contributed by atoms with Crippen molar-refractivity contribution in [2.45, 2.75) is 6.92 Å². The molecule has 3 aromatic heterocycles. The standard InChI is InChI=1S/C33H24N8/c1-6-18-19(7-2)28-35-26(18)34-27-20(8-3)21(9-4)29(36-27)40-33-25-17(5)13-12-16-24(25)32(41-33)39-31-23-15-11-10-14-22(23)30(37-28)38-31/h6-16H,1-4H2,5H3,(H2,34,35,36,37,38,39,40,41). The van der Waals surface area contributed by atoms with Gasteiger partial charge in [0.15, 0.2) is 23.3 Å². The predicted octanol–water partition coefficient (Wildman–Crippen LogP) is 7.44. The number of rotatable bonds is 4. The number of aromatic nitrogens is 8. The van der Waals surface area contributed by atoms with Crippen LogP contribution in [0.25, 0.3) is 92.4 Å². The Morgan fingerprint density at radius 2 is 0.902 bits per heavy atom. The van der Waals surface area contributed by atoms with Gasteiger partial charge >= 0.3 is 0 Å². The molecule has 0 aliphatic carbocycles. The highest BCUT2D eigenvalue weighted by Gasteiger charge is 2.24. The first-order valence-electron chi connectivity index (χ1n) is 13.0. The van der Waals surface area contributed by atoms with E-state index in [-0.39, 0.29) is 0 Å². The first-order valence-corrected chi connectivity index (χ1v) is 13.0. The van der Waals surface area contributed by atoms with Crippen LogP contribution in [-0.4, -0.2) is 39.9 Å². The van der Waals surface area contributed by atoms with Crippen LogP contribution in [-0.2, 0) is 0 Å². The quantitative estimate of drug-likeness (QED) is 0.244. The van der Waals surface area contributed by atoms with Crippen molar-refractivity contribution in [1.29, 1.82) is 0 Å². The number of hydrogen-bond acceptors (Lipinski definition) is 6. The van der Waals surface area contributed by atoms with Gasteiger partial charge in [0.05, 0.1) is 0 Å². The Balaban J connectivity index is 1.73. The second kappa shape index (κ2) is 9.17. The molecule has 196 valence electrons. The Hall–Kier alpha value is -5.76. The highest BCUT2D eigenvalue weighted by Crippen LogP contribution is 2.38. The Kier molecular flexibility index (Phi) is 5.43. The van der Waals surface area contributed by atoms with Crippen LogP contribution in [0.3, 0.4) is 0 Å². The summed E-state index contributed by atoms with van der Waals surface area (Å²) in [5.41, 5.74) is 9.87. The van der Waals surface area contributed by atoms with E-state index in [1.165, 1.54) is 0 Å². The molecule has 0 spiro atoms. The van der Waals surface area contributed by atoms with Gasteiger partial charge in [0.2, 0.25) is 0 Å². The zero-order valence-corrected chi connectivity index (χ0v) is 22.4. The smallest absolute Gasteiger partial charge is 0.165 e. The third kappa shape index (κ3) is 3.61. The van der Waals surface area contributed by atoms with Gasteiger partial charge < -0.3 is 9.97 Å². The summed E-state index contributed by atoms with van der Waals surface area (Å²) in [5.74, 6) is 2.13. The average Bonchev–Trinajstić information content (AvgIpc) is 3.70. The summed E-state index contributed by atoms with van der Waals surface area (Å²) in [6.07, 6.45) is 6.94. The molecule has 8 heteroatoms. The lowest BCUT2D eigenvalue weighted by atomic mass is 10.0. The summed E-state index contributed by atoms with van der Waals surface area (Å²) in [6.45, 7) is 18.1. The number of aryl methyl sites for hydroxylation is 1. The summed E-state index contributed by atoms with van der Waals surface area (Å²) in [7, 11) is 0. The molecular formula is C33H24N8. The molecular weight excluding hydrogens is 508 g/mol. The largest absolute Gasteiger partial charge is 0.324 e. The molecule has 41 heavy (non-hydrogen) atoms. The van der Waals surface area contributed by atoms with E-state index < -0.39 is 0 Å². The summed E-state index contributed by atoms with van der Waals surface area (Å²) in [4.78, 5) is 36.3. The number of hydrogen-bond donors (Lipinski definition) is 2. The normalized spacial score (nSPS) is 11.4. The molecule has 5 aromatic rings. The monoisotopic (exact) mass is 532 g/mol. The summed E-state index contributed by atoms with van der Waals surface area (Å²) < 4.78 is 0. The molecule has 0 radical (unpaired) electrons. The van der Waals surface area contributed by atoms with Crippen LogP contribution in [0, 0.1) is 6.92 Å². The van der Waals surface area contributed by atoms with E-state index in [1.807, 2.05) is 49.4 Å². The molecule has 2 aromatic carbocycles. The van der Waals surface area contributed by atoms with Gasteiger partial charge in [0.25, 0.3) is 0 Å². The molecule has 0 saturated heterocycles. The Morgan fingerprint density at radius 1 is 0.488 bits per heavy atom. The molecule has 5 heterocycles. The van der Waals surface area contributed by atoms with Crippen molar-refractivity contribution in [3.05, 3.63) is 96.6 Å². The van der Waals surface area contributed by atoms with Crippen molar-refractivity contribution in [2.75, 3.05) is 0 Å². The molecule has 8 bridgehead atoms. The van der Waals surface area contributed by atoms with E-state index >= 15 is 0 Å². The van der Waals surface area contributed by atoms with Crippen molar-refractivity contribution in [3.8, 4) is 45.6 Å². The molecule has 2 aliphatic rings. The minimum atomic E-state index is 0.526. The second-order valence-electron chi connectivity index (χ2n) is 9.62. The minimum absolute atomic E-state index is 0.526. The zero-order chi connectivity index (χ0) is 28.2. The fraction of sp³-hybridized carbons (Fsp3) is 0.0303. The molecule has 2 aliphatic heterocycles. The molecule has 8 nitrogen and oxygen atoms in total. The number of fused-ring (bicyclic) bond motifs is 14.